The molecule has 142 valence electrons. The van der Waals surface area contributed by atoms with E-state index in [2.05, 4.69) is 17.1 Å². The lowest BCUT2D eigenvalue weighted by Gasteiger charge is -2.37. The SMILES string of the molecule is CCN1CCOC(C(=O)N2CCC(C(=O)NCc3ccccc3)CC2)C1. The zero-order chi connectivity index (χ0) is 18.4. The number of hydrogen-bond donors (Lipinski definition) is 1. The maximum Gasteiger partial charge on any atom is 0.253 e. The van der Waals surface area contributed by atoms with Gasteiger partial charge in [0.15, 0.2) is 0 Å². The Hall–Kier alpha value is -1.92. The highest BCUT2D eigenvalue weighted by molar-refractivity contribution is 5.82. The van der Waals surface area contributed by atoms with Gasteiger partial charge < -0.3 is 15.0 Å². The first kappa shape index (κ1) is 18.9. The van der Waals surface area contributed by atoms with Crippen LogP contribution in [0.25, 0.3) is 0 Å². The molecular formula is C20H29N3O3. The Bertz CT molecular complexity index is 600. The molecule has 3 rings (SSSR count). The molecule has 1 unspecified atom stereocenters. The normalized spacial score (nSPS) is 22.2. The number of likely N-dealkylation sites (tertiary alicyclic amines) is 1. The van der Waals surface area contributed by atoms with E-state index < -0.39 is 0 Å². The summed E-state index contributed by atoms with van der Waals surface area (Å²) in [4.78, 5) is 29.2. The van der Waals surface area contributed by atoms with E-state index in [1.165, 1.54) is 0 Å². The molecule has 1 N–H and O–H groups in total. The van der Waals surface area contributed by atoms with Gasteiger partial charge in [0.05, 0.1) is 6.61 Å². The number of hydrogen-bond acceptors (Lipinski definition) is 4. The van der Waals surface area contributed by atoms with E-state index in [1.807, 2.05) is 35.2 Å². The first-order valence-electron chi connectivity index (χ1n) is 9.61. The summed E-state index contributed by atoms with van der Waals surface area (Å²) in [7, 11) is 0. The van der Waals surface area contributed by atoms with E-state index in [1.54, 1.807) is 0 Å². The van der Waals surface area contributed by atoms with Crippen molar-refractivity contribution in [2.24, 2.45) is 5.92 Å². The molecule has 1 aromatic carbocycles. The van der Waals surface area contributed by atoms with Gasteiger partial charge in [-0.1, -0.05) is 37.3 Å². The van der Waals surface area contributed by atoms with Gasteiger partial charge in [-0.15, -0.1) is 0 Å². The molecule has 0 aliphatic carbocycles. The lowest BCUT2D eigenvalue weighted by molar-refractivity contribution is -0.151. The fraction of sp³-hybridized carbons (Fsp3) is 0.600. The molecular weight excluding hydrogens is 330 g/mol. The van der Waals surface area contributed by atoms with E-state index >= 15 is 0 Å². The van der Waals surface area contributed by atoms with Crippen LogP contribution in [0.1, 0.15) is 25.3 Å². The number of piperidine rings is 1. The van der Waals surface area contributed by atoms with Crippen molar-refractivity contribution in [3.63, 3.8) is 0 Å². The van der Waals surface area contributed by atoms with Crippen LogP contribution >= 0.6 is 0 Å². The summed E-state index contributed by atoms with van der Waals surface area (Å²) < 4.78 is 5.67. The average Bonchev–Trinajstić information content (AvgIpc) is 2.72. The maximum atomic E-state index is 12.7. The number of rotatable bonds is 5. The third-order valence-corrected chi connectivity index (χ3v) is 5.36. The van der Waals surface area contributed by atoms with Crippen molar-refractivity contribution in [3.05, 3.63) is 35.9 Å². The second kappa shape index (κ2) is 9.14. The van der Waals surface area contributed by atoms with Gasteiger partial charge in [-0.3, -0.25) is 14.5 Å². The van der Waals surface area contributed by atoms with Crippen molar-refractivity contribution >= 4 is 11.8 Å². The molecule has 0 bridgehead atoms. The minimum absolute atomic E-state index is 0.0119. The molecule has 26 heavy (non-hydrogen) atoms. The molecule has 0 radical (unpaired) electrons. The van der Waals surface area contributed by atoms with Crippen LogP contribution in [0.4, 0.5) is 0 Å². The van der Waals surface area contributed by atoms with Crippen LogP contribution in [-0.4, -0.2) is 67.0 Å². The quantitative estimate of drug-likeness (QED) is 0.860. The molecule has 2 saturated heterocycles. The van der Waals surface area contributed by atoms with Crippen LogP contribution in [0.15, 0.2) is 30.3 Å². The summed E-state index contributed by atoms with van der Waals surface area (Å²) in [5, 5.41) is 3.02. The summed E-state index contributed by atoms with van der Waals surface area (Å²) in [5.74, 6) is 0.153. The molecule has 0 saturated carbocycles. The van der Waals surface area contributed by atoms with Gasteiger partial charge in [-0.2, -0.15) is 0 Å². The Balaban J connectivity index is 1.43. The van der Waals surface area contributed by atoms with Crippen LogP contribution in [0.3, 0.4) is 0 Å². The van der Waals surface area contributed by atoms with Crippen LogP contribution in [0.5, 0.6) is 0 Å². The second-order valence-corrected chi connectivity index (χ2v) is 7.06. The van der Waals surface area contributed by atoms with E-state index in [9.17, 15) is 9.59 Å². The lowest BCUT2D eigenvalue weighted by atomic mass is 9.95. The Morgan fingerprint density at radius 2 is 1.88 bits per heavy atom. The highest BCUT2D eigenvalue weighted by Crippen LogP contribution is 2.19. The number of likely N-dealkylation sites (N-methyl/N-ethyl adjacent to an activating group) is 1. The topological polar surface area (TPSA) is 61.9 Å². The zero-order valence-corrected chi connectivity index (χ0v) is 15.5. The molecule has 2 aliphatic rings. The highest BCUT2D eigenvalue weighted by Gasteiger charge is 2.33. The fourth-order valence-electron chi connectivity index (χ4n) is 3.63. The number of nitrogens with zero attached hydrogens (tertiary/aromatic N) is 2. The second-order valence-electron chi connectivity index (χ2n) is 7.06. The molecule has 0 aromatic heterocycles. The molecule has 2 fully saturated rings. The van der Waals surface area contributed by atoms with E-state index in [0.717, 1.165) is 31.5 Å². The highest BCUT2D eigenvalue weighted by atomic mass is 16.5. The molecule has 6 nitrogen and oxygen atoms in total. The molecule has 2 aliphatic heterocycles. The average molecular weight is 359 g/mol. The van der Waals surface area contributed by atoms with Gasteiger partial charge in [0, 0.05) is 38.6 Å². The smallest absolute Gasteiger partial charge is 0.253 e. The summed E-state index contributed by atoms with van der Waals surface area (Å²) >= 11 is 0. The monoisotopic (exact) mass is 359 g/mol. The van der Waals surface area contributed by atoms with E-state index in [0.29, 0.717) is 32.8 Å². The molecule has 6 heteroatoms. The maximum absolute atomic E-state index is 12.7. The van der Waals surface area contributed by atoms with Gasteiger partial charge in [0.2, 0.25) is 5.91 Å². The van der Waals surface area contributed by atoms with Crippen molar-refractivity contribution < 1.29 is 14.3 Å². The van der Waals surface area contributed by atoms with Crippen LogP contribution in [0.2, 0.25) is 0 Å². The third-order valence-electron chi connectivity index (χ3n) is 5.36. The first-order valence-corrected chi connectivity index (χ1v) is 9.61. The minimum atomic E-state index is -0.354. The third kappa shape index (κ3) is 4.83. The van der Waals surface area contributed by atoms with Gasteiger partial charge in [0.25, 0.3) is 5.91 Å². The van der Waals surface area contributed by atoms with Crippen LogP contribution in [-0.2, 0) is 20.9 Å². The minimum Gasteiger partial charge on any atom is -0.366 e. The van der Waals surface area contributed by atoms with Gasteiger partial charge in [-0.25, -0.2) is 0 Å². The number of amides is 2. The van der Waals surface area contributed by atoms with Crippen LogP contribution in [0, 0.1) is 5.92 Å². The van der Waals surface area contributed by atoms with Crippen LogP contribution < -0.4 is 5.32 Å². The molecule has 1 aromatic rings. The lowest BCUT2D eigenvalue weighted by Crippen LogP contribution is -2.53. The summed E-state index contributed by atoms with van der Waals surface area (Å²) in [6, 6.07) is 9.92. The largest absolute Gasteiger partial charge is 0.366 e. The molecule has 2 amide bonds. The predicted octanol–water partition coefficient (Wildman–Crippen LogP) is 1.26. The Labute approximate surface area is 155 Å². The van der Waals surface area contributed by atoms with Crippen molar-refractivity contribution in [2.75, 3.05) is 39.3 Å². The Morgan fingerprint density at radius 3 is 2.58 bits per heavy atom. The van der Waals surface area contributed by atoms with Crippen molar-refractivity contribution in [2.45, 2.75) is 32.4 Å². The van der Waals surface area contributed by atoms with Crippen molar-refractivity contribution in [1.82, 2.24) is 15.1 Å². The predicted molar refractivity (Wildman–Crippen MR) is 99.4 cm³/mol. The summed E-state index contributed by atoms with van der Waals surface area (Å²) in [6.45, 7) is 7.05. The van der Waals surface area contributed by atoms with E-state index in [-0.39, 0.29) is 23.8 Å². The number of nitrogens with one attached hydrogen (secondary N) is 1. The Morgan fingerprint density at radius 1 is 1.15 bits per heavy atom. The standard InChI is InChI=1S/C20H29N3O3/c1-2-22-12-13-26-18(15-22)20(25)23-10-8-17(9-11-23)19(24)21-14-16-6-4-3-5-7-16/h3-7,17-18H,2,8-15H2,1H3,(H,21,24). The number of morpholine rings is 1. The van der Waals surface area contributed by atoms with Gasteiger partial charge >= 0.3 is 0 Å². The van der Waals surface area contributed by atoms with E-state index in [4.69, 9.17) is 4.74 Å². The first-order chi connectivity index (χ1) is 12.7. The van der Waals surface area contributed by atoms with Gasteiger partial charge in [-0.05, 0) is 24.9 Å². The van der Waals surface area contributed by atoms with Crippen molar-refractivity contribution in [3.8, 4) is 0 Å². The summed E-state index contributed by atoms with van der Waals surface area (Å²) in [6.07, 6.45) is 1.08. The molecule has 0 spiro atoms. The Kier molecular flexibility index (Phi) is 6.63. The fourth-order valence-corrected chi connectivity index (χ4v) is 3.63. The van der Waals surface area contributed by atoms with Crippen molar-refractivity contribution in [1.29, 1.82) is 0 Å². The number of benzene rings is 1. The number of carbonyl (C=O) groups is 2. The summed E-state index contributed by atoms with van der Waals surface area (Å²) in [5.41, 5.74) is 1.10. The van der Waals surface area contributed by atoms with Gasteiger partial charge in [0.1, 0.15) is 6.10 Å². The molecule has 1 atom stereocenters. The molecule has 2 heterocycles. The zero-order valence-electron chi connectivity index (χ0n) is 15.5. The number of carbonyl (C=O) groups excluding carboxylic acids is 2. The number of ether oxygens (including phenoxy) is 1.